The molecule has 0 aliphatic heterocycles. The van der Waals surface area contributed by atoms with E-state index in [0.717, 1.165) is 22.8 Å². The lowest BCUT2D eigenvalue weighted by molar-refractivity contribution is 1.05. The van der Waals surface area contributed by atoms with Crippen LogP contribution in [-0.2, 0) is 12.8 Å². The smallest absolute Gasteiger partial charge is 0.194 e. The lowest BCUT2D eigenvalue weighted by Gasteiger charge is -2.06. The van der Waals surface area contributed by atoms with Crippen LogP contribution in [0.15, 0.2) is 24.3 Å². The van der Waals surface area contributed by atoms with Gasteiger partial charge in [0.15, 0.2) is 4.96 Å². The molecule has 21 heavy (non-hydrogen) atoms. The first-order valence-electron chi connectivity index (χ1n) is 7.09. The van der Waals surface area contributed by atoms with E-state index in [4.69, 9.17) is 5.26 Å². The third-order valence-corrected chi connectivity index (χ3v) is 4.78. The van der Waals surface area contributed by atoms with Crippen LogP contribution < -0.4 is 0 Å². The van der Waals surface area contributed by atoms with Crippen LogP contribution in [0.2, 0.25) is 0 Å². The van der Waals surface area contributed by atoms with Crippen molar-refractivity contribution in [1.29, 1.82) is 5.26 Å². The fraction of sp³-hybridized carbons (Fsp3) is 0.294. The summed E-state index contributed by atoms with van der Waals surface area (Å²) in [6, 6.07) is 10.9. The monoisotopic (exact) mass is 295 g/mol. The zero-order valence-corrected chi connectivity index (χ0v) is 13.3. The van der Waals surface area contributed by atoms with Crippen molar-refractivity contribution in [3.05, 3.63) is 46.1 Å². The summed E-state index contributed by atoms with van der Waals surface area (Å²) in [5, 5.41) is 9.07. The quantitative estimate of drug-likeness (QED) is 0.722. The van der Waals surface area contributed by atoms with Crippen molar-refractivity contribution in [3.63, 3.8) is 0 Å². The number of fused-ring (bicyclic) bond motifs is 1. The predicted molar refractivity (Wildman–Crippen MR) is 86.7 cm³/mol. The van der Waals surface area contributed by atoms with Crippen molar-refractivity contribution < 1.29 is 0 Å². The Morgan fingerprint density at radius 2 is 1.95 bits per heavy atom. The van der Waals surface area contributed by atoms with Gasteiger partial charge in [0.2, 0.25) is 0 Å². The molecule has 4 heteroatoms. The average molecular weight is 295 g/mol. The molecule has 0 saturated heterocycles. The van der Waals surface area contributed by atoms with Crippen molar-refractivity contribution >= 4 is 16.3 Å². The standard InChI is InChI=1S/C17H17N3S/c1-4-13-5-7-14(8-6-13)16-12(3)21-17-19-11(2)15(9-10-18)20(16)17/h5-8H,4,9H2,1-3H3. The number of hydrogen-bond donors (Lipinski definition) is 0. The summed E-state index contributed by atoms with van der Waals surface area (Å²) in [4.78, 5) is 6.82. The van der Waals surface area contributed by atoms with Gasteiger partial charge in [-0.3, -0.25) is 4.40 Å². The van der Waals surface area contributed by atoms with E-state index >= 15 is 0 Å². The Morgan fingerprint density at radius 1 is 1.24 bits per heavy atom. The molecule has 2 heterocycles. The molecule has 0 fully saturated rings. The van der Waals surface area contributed by atoms with Crippen LogP contribution in [0.3, 0.4) is 0 Å². The molecule has 2 aromatic heterocycles. The van der Waals surface area contributed by atoms with Gasteiger partial charge >= 0.3 is 0 Å². The Bertz CT molecular complexity index is 832. The normalized spacial score (nSPS) is 11.0. The van der Waals surface area contributed by atoms with Gasteiger partial charge in [-0.05, 0) is 31.4 Å². The molecule has 0 radical (unpaired) electrons. The number of nitrogens with zero attached hydrogens (tertiary/aromatic N) is 3. The molecule has 0 bridgehead atoms. The minimum atomic E-state index is 0.392. The largest absolute Gasteiger partial charge is 0.286 e. The molecule has 3 nitrogen and oxygen atoms in total. The summed E-state index contributed by atoms with van der Waals surface area (Å²) >= 11 is 1.69. The van der Waals surface area contributed by atoms with Crippen molar-refractivity contribution in [2.45, 2.75) is 33.6 Å². The van der Waals surface area contributed by atoms with Gasteiger partial charge in [-0.25, -0.2) is 4.98 Å². The molecule has 0 N–H and O–H groups in total. The van der Waals surface area contributed by atoms with Gasteiger partial charge in [0.25, 0.3) is 0 Å². The van der Waals surface area contributed by atoms with Crippen LogP contribution >= 0.6 is 11.3 Å². The number of imidazole rings is 1. The van der Waals surface area contributed by atoms with Crippen molar-refractivity contribution in [2.75, 3.05) is 0 Å². The molecule has 1 aromatic carbocycles. The Balaban J connectivity index is 2.25. The highest BCUT2D eigenvalue weighted by Crippen LogP contribution is 2.33. The van der Waals surface area contributed by atoms with Gasteiger partial charge in [0, 0.05) is 4.88 Å². The number of hydrogen-bond acceptors (Lipinski definition) is 3. The predicted octanol–water partition coefficient (Wildman–Crippen LogP) is 4.31. The van der Waals surface area contributed by atoms with Gasteiger partial charge in [-0.15, -0.1) is 11.3 Å². The summed E-state index contributed by atoms with van der Waals surface area (Å²) in [6.07, 6.45) is 1.44. The Kier molecular flexibility index (Phi) is 3.52. The van der Waals surface area contributed by atoms with Gasteiger partial charge in [0.1, 0.15) is 0 Å². The highest BCUT2D eigenvalue weighted by atomic mass is 32.1. The van der Waals surface area contributed by atoms with E-state index < -0.39 is 0 Å². The first-order chi connectivity index (χ1) is 10.2. The molecule has 0 unspecified atom stereocenters. The zero-order valence-electron chi connectivity index (χ0n) is 12.5. The molecular formula is C17H17N3S. The maximum Gasteiger partial charge on any atom is 0.194 e. The number of aromatic nitrogens is 2. The maximum atomic E-state index is 9.07. The van der Waals surface area contributed by atoms with Crippen LogP contribution in [0, 0.1) is 25.2 Å². The highest BCUT2D eigenvalue weighted by Gasteiger charge is 2.17. The number of benzene rings is 1. The molecule has 106 valence electrons. The van der Waals surface area contributed by atoms with E-state index in [9.17, 15) is 0 Å². The summed E-state index contributed by atoms with van der Waals surface area (Å²) in [7, 11) is 0. The number of rotatable bonds is 3. The first-order valence-corrected chi connectivity index (χ1v) is 7.91. The van der Waals surface area contributed by atoms with E-state index in [0.29, 0.717) is 6.42 Å². The molecule has 3 aromatic rings. The molecule has 0 atom stereocenters. The third kappa shape index (κ3) is 2.24. The molecule has 0 spiro atoms. The molecule has 3 rings (SSSR count). The number of nitriles is 1. The summed E-state index contributed by atoms with van der Waals surface area (Å²) in [6.45, 7) is 6.26. The van der Waals surface area contributed by atoms with E-state index in [1.165, 1.54) is 21.7 Å². The van der Waals surface area contributed by atoms with E-state index in [1.54, 1.807) is 11.3 Å². The SMILES string of the molecule is CCc1ccc(-c2c(C)sc3nc(C)c(CC#N)n23)cc1. The van der Waals surface area contributed by atoms with Crippen molar-refractivity contribution in [1.82, 2.24) is 9.38 Å². The second-order valence-corrected chi connectivity index (χ2v) is 6.34. The van der Waals surface area contributed by atoms with Gasteiger partial charge in [0.05, 0.1) is 29.6 Å². The summed E-state index contributed by atoms with van der Waals surface area (Å²) in [5.41, 5.74) is 5.65. The minimum Gasteiger partial charge on any atom is -0.286 e. The zero-order chi connectivity index (χ0) is 15.0. The summed E-state index contributed by atoms with van der Waals surface area (Å²) in [5.74, 6) is 0. The minimum absolute atomic E-state index is 0.392. The second kappa shape index (κ2) is 5.34. The number of thiazole rings is 1. The fourth-order valence-electron chi connectivity index (χ4n) is 2.69. The third-order valence-electron chi connectivity index (χ3n) is 3.83. The molecular weight excluding hydrogens is 278 g/mol. The highest BCUT2D eigenvalue weighted by molar-refractivity contribution is 7.17. The lowest BCUT2D eigenvalue weighted by atomic mass is 10.1. The van der Waals surface area contributed by atoms with Gasteiger partial charge in [-0.1, -0.05) is 31.2 Å². The Labute approximate surface area is 128 Å². The first kappa shape index (κ1) is 13.8. The van der Waals surface area contributed by atoms with Crippen molar-refractivity contribution in [3.8, 4) is 17.3 Å². The Hall–Kier alpha value is -2.12. The van der Waals surface area contributed by atoms with Gasteiger partial charge < -0.3 is 0 Å². The van der Waals surface area contributed by atoms with Gasteiger partial charge in [-0.2, -0.15) is 5.26 Å². The van der Waals surface area contributed by atoms with Crippen LogP contribution in [-0.4, -0.2) is 9.38 Å². The van der Waals surface area contributed by atoms with Crippen LogP contribution in [0.25, 0.3) is 16.2 Å². The van der Waals surface area contributed by atoms with E-state index in [-0.39, 0.29) is 0 Å². The van der Waals surface area contributed by atoms with Crippen molar-refractivity contribution in [2.24, 2.45) is 0 Å². The van der Waals surface area contributed by atoms with E-state index in [1.807, 2.05) is 6.92 Å². The topological polar surface area (TPSA) is 41.1 Å². The molecule has 0 saturated carbocycles. The second-order valence-electron chi connectivity index (χ2n) is 5.15. The maximum absolute atomic E-state index is 9.07. The Morgan fingerprint density at radius 3 is 2.57 bits per heavy atom. The molecule has 0 amide bonds. The molecule has 0 aliphatic rings. The lowest BCUT2D eigenvalue weighted by Crippen LogP contribution is -1.96. The van der Waals surface area contributed by atoms with Crippen LogP contribution in [0.1, 0.15) is 28.8 Å². The molecule has 0 aliphatic carbocycles. The van der Waals surface area contributed by atoms with Crippen LogP contribution in [0.4, 0.5) is 0 Å². The van der Waals surface area contributed by atoms with Crippen LogP contribution in [0.5, 0.6) is 0 Å². The summed E-state index contributed by atoms with van der Waals surface area (Å²) < 4.78 is 2.15. The number of aryl methyl sites for hydroxylation is 3. The van der Waals surface area contributed by atoms with E-state index in [2.05, 4.69) is 53.6 Å². The average Bonchev–Trinajstić information content (AvgIpc) is 2.95. The fourth-order valence-corrected chi connectivity index (χ4v) is 3.74.